The van der Waals surface area contributed by atoms with E-state index in [1.807, 2.05) is 0 Å². The maximum Gasteiger partial charge on any atom is 0.340 e. The molecule has 1 heterocycles. The lowest BCUT2D eigenvalue weighted by atomic mass is 10.0. The van der Waals surface area contributed by atoms with Gasteiger partial charge in [-0.2, -0.15) is 5.26 Å². The number of nitrogens with zero attached hydrogens (tertiary/aromatic N) is 2. The number of hydrogen-bond donors (Lipinski definition) is 0. The van der Waals surface area contributed by atoms with E-state index in [2.05, 4.69) is 9.72 Å². The largest absolute Gasteiger partial charge is 0.465 e. The van der Waals surface area contributed by atoms with E-state index in [1.54, 1.807) is 6.07 Å². The zero-order valence-electron chi connectivity index (χ0n) is 10.4. The molecule has 0 aliphatic heterocycles. The number of pyridine rings is 1. The van der Waals surface area contributed by atoms with Gasteiger partial charge in [0.1, 0.15) is 11.9 Å². The summed E-state index contributed by atoms with van der Waals surface area (Å²) in [7, 11) is 1.15. The van der Waals surface area contributed by atoms with Crippen molar-refractivity contribution < 1.29 is 18.3 Å². The first-order valence-corrected chi connectivity index (χ1v) is 5.51. The molecular weight excluding hydrogens is 266 g/mol. The number of benzene rings is 1. The van der Waals surface area contributed by atoms with Crippen LogP contribution in [-0.4, -0.2) is 18.1 Å². The summed E-state index contributed by atoms with van der Waals surface area (Å²) in [6, 6.07) is 7.58. The third-order valence-corrected chi connectivity index (χ3v) is 2.60. The molecule has 4 nitrogen and oxygen atoms in total. The summed E-state index contributed by atoms with van der Waals surface area (Å²) in [5, 5.41) is 8.79. The van der Waals surface area contributed by atoms with Crippen LogP contribution in [0, 0.1) is 23.0 Å². The Balaban J connectivity index is 2.69. The maximum absolute atomic E-state index is 13.6. The molecule has 0 aliphatic carbocycles. The number of methoxy groups -OCH3 is 1. The molecule has 0 amide bonds. The summed E-state index contributed by atoms with van der Waals surface area (Å²) in [5.41, 5.74) is -0.134. The van der Waals surface area contributed by atoms with Crippen LogP contribution < -0.4 is 0 Å². The topological polar surface area (TPSA) is 63.0 Å². The van der Waals surface area contributed by atoms with Gasteiger partial charge < -0.3 is 4.74 Å². The van der Waals surface area contributed by atoms with Crippen molar-refractivity contribution >= 4 is 5.97 Å². The second kappa shape index (κ2) is 5.45. The van der Waals surface area contributed by atoms with Gasteiger partial charge in [-0.15, -0.1) is 0 Å². The molecule has 0 spiro atoms. The van der Waals surface area contributed by atoms with E-state index in [9.17, 15) is 13.6 Å². The van der Waals surface area contributed by atoms with Gasteiger partial charge >= 0.3 is 5.97 Å². The summed E-state index contributed by atoms with van der Waals surface area (Å²) in [6.45, 7) is 0. The summed E-state index contributed by atoms with van der Waals surface area (Å²) >= 11 is 0. The van der Waals surface area contributed by atoms with Crippen LogP contribution in [-0.2, 0) is 4.74 Å². The fourth-order valence-corrected chi connectivity index (χ4v) is 1.66. The Hall–Kier alpha value is -2.81. The van der Waals surface area contributed by atoms with E-state index in [0.717, 1.165) is 13.2 Å². The van der Waals surface area contributed by atoms with Crippen LogP contribution in [0.15, 0.2) is 30.3 Å². The van der Waals surface area contributed by atoms with E-state index in [0.29, 0.717) is 5.56 Å². The zero-order valence-corrected chi connectivity index (χ0v) is 10.4. The number of rotatable bonds is 2. The molecule has 0 unspecified atom stereocenters. The SMILES string of the molecule is COC(=O)c1cc(F)c(C#N)nc1-c1ccc(F)cc1. The van der Waals surface area contributed by atoms with Crippen molar-refractivity contribution in [2.45, 2.75) is 0 Å². The van der Waals surface area contributed by atoms with Crippen molar-refractivity contribution in [1.29, 1.82) is 5.26 Å². The fourth-order valence-electron chi connectivity index (χ4n) is 1.66. The molecular formula is C14H8F2N2O2. The highest BCUT2D eigenvalue weighted by Crippen LogP contribution is 2.24. The molecule has 0 atom stereocenters. The Morgan fingerprint density at radius 1 is 1.30 bits per heavy atom. The zero-order chi connectivity index (χ0) is 14.7. The Morgan fingerprint density at radius 2 is 1.95 bits per heavy atom. The minimum absolute atomic E-state index is 0.0646. The van der Waals surface area contributed by atoms with Gasteiger partial charge in [0.25, 0.3) is 0 Å². The molecule has 0 N–H and O–H groups in total. The predicted molar refractivity (Wildman–Crippen MR) is 65.6 cm³/mol. The average molecular weight is 274 g/mol. The Kier molecular flexibility index (Phi) is 3.71. The highest BCUT2D eigenvalue weighted by molar-refractivity contribution is 5.96. The van der Waals surface area contributed by atoms with Crippen LogP contribution >= 0.6 is 0 Å². The number of aromatic nitrogens is 1. The lowest BCUT2D eigenvalue weighted by Crippen LogP contribution is -2.08. The van der Waals surface area contributed by atoms with Crippen LogP contribution in [0.2, 0.25) is 0 Å². The van der Waals surface area contributed by atoms with E-state index in [4.69, 9.17) is 5.26 Å². The smallest absolute Gasteiger partial charge is 0.340 e. The van der Waals surface area contributed by atoms with E-state index >= 15 is 0 Å². The number of halogens is 2. The van der Waals surface area contributed by atoms with Crippen LogP contribution in [0.1, 0.15) is 16.1 Å². The predicted octanol–water partition coefficient (Wildman–Crippen LogP) is 2.69. The van der Waals surface area contributed by atoms with Crippen molar-refractivity contribution in [2.75, 3.05) is 7.11 Å². The molecule has 2 aromatic rings. The van der Waals surface area contributed by atoms with Gasteiger partial charge in [0.05, 0.1) is 18.4 Å². The molecule has 0 radical (unpaired) electrons. The second-order valence-corrected chi connectivity index (χ2v) is 3.83. The van der Waals surface area contributed by atoms with E-state index in [1.165, 1.54) is 24.3 Å². The molecule has 20 heavy (non-hydrogen) atoms. The first kappa shape index (κ1) is 13.6. The van der Waals surface area contributed by atoms with Crippen LogP contribution in [0.25, 0.3) is 11.3 Å². The molecule has 0 saturated carbocycles. The normalized spacial score (nSPS) is 9.90. The van der Waals surface area contributed by atoms with Gasteiger partial charge in [0.2, 0.25) is 0 Å². The fraction of sp³-hybridized carbons (Fsp3) is 0.0714. The van der Waals surface area contributed by atoms with Gasteiger partial charge in [-0.3, -0.25) is 0 Å². The van der Waals surface area contributed by atoms with Gasteiger partial charge in [-0.25, -0.2) is 18.6 Å². The lowest BCUT2D eigenvalue weighted by molar-refractivity contribution is 0.0600. The van der Waals surface area contributed by atoms with Crippen molar-refractivity contribution in [3.63, 3.8) is 0 Å². The summed E-state index contributed by atoms with van der Waals surface area (Å²) in [4.78, 5) is 15.4. The van der Waals surface area contributed by atoms with E-state index < -0.39 is 23.3 Å². The molecule has 0 bridgehead atoms. The number of hydrogen-bond acceptors (Lipinski definition) is 4. The molecule has 2 rings (SSSR count). The third kappa shape index (κ3) is 2.47. The van der Waals surface area contributed by atoms with E-state index in [-0.39, 0.29) is 11.3 Å². The van der Waals surface area contributed by atoms with Crippen LogP contribution in [0.5, 0.6) is 0 Å². The first-order chi connectivity index (χ1) is 9.56. The Bertz CT molecular complexity index is 706. The quantitative estimate of drug-likeness (QED) is 0.790. The Labute approximate surface area is 113 Å². The monoisotopic (exact) mass is 274 g/mol. The first-order valence-electron chi connectivity index (χ1n) is 5.51. The molecule has 0 fully saturated rings. The maximum atomic E-state index is 13.6. The number of carbonyl (C=O) groups excluding carboxylic acids is 1. The number of ether oxygens (including phenoxy) is 1. The Morgan fingerprint density at radius 3 is 2.50 bits per heavy atom. The molecule has 1 aromatic carbocycles. The van der Waals surface area contributed by atoms with Crippen molar-refractivity contribution in [3.8, 4) is 17.3 Å². The van der Waals surface area contributed by atoms with Gasteiger partial charge in [0.15, 0.2) is 11.5 Å². The minimum atomic E-state index is -0.918. The minimum Gasteiger partial charge on any atom is -0.465 e. The number of nitriles is 1. The summed E-state index contributed by atoms with van der Waals surface area (Å²) < 4.78 is 31.0. The van der Waals surface area contributed by atoms with Crippen molar-refractivity contribution in [3.05, 3.63) is 53.2 Å². The van der Waals surface area contributed by atoms with Crippen LogP contribution in [0.3, 0.4) is 0 Å². The molecule has 100 valence electrons. The van der Waals surface area contributed by atoms with Crippen LogP contribution in [0.4, 0.5) is 8.78 Å². The molecule has 0 saturated heterocycles. The van der Waals surface area contributed by atoms with Gasteiger partial charge in [-0.05, 0) is 30.3 Å². The average Bonchev–Trinajstić information content (AvgIpc) is 2.47. The van der Waals surface area contributed by atoms with Crippen molar-refractivity contribution in [1.82, 2.24) is 4.98 Å². The number of carbonyl (C=O) groups is 1. The molecule has 0 aliphatic rings. The standard InChI is InChI=1S/C14H8F2N2O2/c1-20-14(19)10-6-11(16)12(7-17)18-13(10)8-2-4-9(15)5-3-8/h2-6H,1H3. The molecule has 6 heteroatoms. The second-order valence-electron chi connectivity index (χ2n) is 3.83. The lowest BCUT2D eigenvalue weighted by Gasteiger charge is -2.08. The summed E-state index contributed by atoms with van der Waals surface area (Å²) in [6.07, 6.45) is 0. The third-order valence-electron chi connectivity index (χ3n) is 2.60. The van der Waals surface area contributed by atoms with Gasteiger partial charge in [-0.1, -0.05) is 0 Å². The van der Waals surface area contributed by atoms with Gasteiger partial charge in [0, 0.05) is 5.56 Å². The number of esters is 1. The highest BCUT2D eigenvalue weighted by Gasteiger charge is 2.19. The summed E-state index contributed by atoms with van der Waals surface area (Å²) in [5.74, 6) is -2.17. The van der Waals surface area contributed by atoms with Crippen molar-refractivity contribution in [2.24, 2.45) is 0 Å². The molecule has 1 aromatic heterocycles. The highest BCUT2D eigenvalue weighted by atomic mass is 19.1.